The quantitative estimate of drug-likeness (QED) is 0.608. The van der Waals surface area contributed by atoms with E-state index in [1.54, 1.807) is 0 Å². The van der Waals surface area contributed by atoms with Gasteiger partial charge < -0.3 is 10.4 Å². The fourth-order valence-electron chi connectivity index (χ4n) is 1.45. The number of hydrogen-bond acceptors (Lipinski definition) is 2. The highest BCUT2D eigenvalue weighted by Gasteiger charge is 2.16. The monoisotopic (exact) mass is 215 g/mol. The van der Waals surface area contributed by atoms with Crippen molar-refractivity contribution in [2.45, 2.75) is 58.4 Å². The Morgan fingerprint density at radius 2 is 1.80 bits per heavy atom. The van der Waals surface area contributed by atoms with Crippen LogP contribution in [0.25, 0.3) is 0 Å². The molecule has 0 aliphatic rings. The minimum Gasteiger partial charge on any atom is -0.480 e. The Kier molecular flexibility index (Phi) is 7.68. The van der Waals surface area contributed by atoms with Crippen molar-refractivity contribution in [1.82, 2.24) is 5.32 Å². The number of carbonyl (C=O) groups excluding carboxylic acids is 1. The van der Waals surface area contributed by atoms with Crippen molar-refractivity contribution in [2.75, 3.05) is 0 Å². The zero-order valence-electron chi connectivity index (χ0n) is 9.58. The van der Waals surface area contributed by atoms with Crippen LogP contribution >= 0.6 is 0 Å². The molecule has 0 unspecified atom stereocenters. The third-order valence-electron chi connectivity index (χ3n) is 2.27. The number of carboxylic acid groups (broad SMARTS) is 1. The molecule has 0 aliphatic heterocycles. The second-order valence-corrected chi connectivity index (χ2v) is 3.79. The lowest BCUT2D eigenvalue weighted by Gasteiger charge is -2.12. The van der Waals surface area contributed by atoms with E-state index in [4.69, 9.17) is 5.11 Å². The van der Waals surface area contributed by atoms with E-state index in [-0.39, 0.29) is 5.91 Å². The first kappa shape index (κ1) is 13.9. The van der Waals surface area contributed by atoms with Crippen molar-refractivity contribution >= 4 is 11.9 Å². The van der Waals surface area contributed by atoms with Gasteiger partial charge in [0.2, 0.25) is 5.91 Å². The smallest absolute Gasteiger partial charge is 0.326 e. The Bertz CT molecular complexity index is 204. The van der Waals surface area contributed by atoms with E-state index in [1.165, 1.54) is 19.8 Å². The summed E-state index contributed by atoms with van der Waals surface area (Å²) < 4.78 is 0. The van der Waals surface area contributed by atoms with Gasteiger partial charge in [0.05, 0.1) is 0 Å². The van der Waals surface area contributed by atoms with Gasteiger partial charge in [-0.1, -0.05) is 39.0 Å². The SMILES string of the molecule is CCCCCCC[C@H](NC(C)=O)C(=O)O. The lowest BCUT2D eigenvalue weighted by atomic mass is 10.1. The van der Waals surface area contributed by atoms with Crippen LogP contribution in [0.5, 0.6) is 0 Å². The molecule has 15 heavy (non-hydrogen) atoms. The molecular formula is C11H21NO3. The third-order valence-corrected chi connectivity index (χ3v) is 2.27. The molecular weight excluding hydrogens is 194 g/mol. The van der Waals surface area contributed by atoms with Crippen LogP contribution in [0.15, 0.2) is 0 Å². The maximum Gasteiger partial charge on any atom is 0.326 e. The normalized spacial score (nSPS) is 12.1. The van der Waals surface area contributed by atoms with E-state index in [2.05, 4.69) is 12.2 Å². The highest BCUT2D eigenvalue weighted by Crippen LogP contribution is 2.07. The summed E-state index contributed by atoms with van der Waals surface area (Å²) in [6.07, 6.45) is 5.93. The highest BCUT2D eigenvalue weighted by molar-refractivity contribution is 5.81. The second-order valence-electron chi connectivity index (χ2n) is 3.79. The van der Waals surface area contributed by atoms with E-state index in [9.17, 15) is 9.59 Å². The topological polar surface area (TPSA) is 66.4 Å². The van der Waals surface area contributed by atoms with Crippen LogP contribution in [0.4, 0.5) is 0 Å². The van der Waals surface area contributed by atoms with Crippen molar-refractivity contribution in [3.63, 3.8) is 0 Å². The van der Waals surface area contributed by atoms with E-state index < -0.39 is 12.0 Å². The average Bonchev–Trinajstić information content (AvgIpc) is 2.15. The van der Waals surface area contributed by atoms with Crippen LogP contribution in [0, 0.1) is 0 Å². The summed E-state index contributed by atoms with van der Waals surface area (Å²) in [6, 6.07) is -0.718. The van der Waals surface area contributed by atoms with Gasteiger partial charge in [0.25, 0.3) is 0 Å². The van der Waals surface area contributed by atoms with Gasteiger partial charge in [-0.15, -0.1) is 0 Å². The first-order valence-corrected chi connectivity index (χ1v) is 5.57. The molecule has 0 aliphatic carbocycles. The molecule has 0 aromatic heterocycles. The van der Waals surface area contributed by atoms with Crippen molar-refractivity contribution < 1.29 is 14.7 Å². The van der Waals surface area contributed by atoms with Crippen LogP contribution in [0.3, 0.4) is 0 Å². The number of carboxylic acids is 1. The lowest BCUT2D eigenvalue weighted by molar-refractivity contribution is -0.141. The molecule has 4 nitrogen and oxygen atoms in total. The van der Waals surface area contributed by atoms with E-state index >= 15 is 0 Å². The molecule has 0 saturated carbocycles. The Morgan fingerprint density at radius 1 is 1.20 bits per heavy atom. The fourth-order valence-corrected chi connectivity index (χ4v) is 1.45. The number of unbranched alkanes of at least 4 members (excludes halogenated alkanes) is 4. The van der Waals surface area contributed by atoms with Gasteiger partial charge in [0, 0.05) is 6.92 Å². The lowest BCUT2D eigenvalue weighted by Crippen LogP contribution is -2.39. The predicted octanol–water partition coefficient (Wildman–Crippen LogP) is 1.94. The summed E-state index contributed by atoms with van der Waals surface area (Å²) in [7, 11) is 0. The van der Waals surface area contributed by atoms with Crippen LogP contribution in [-0.4, -0.2) is 23.0 Å². The largest absolute Gasteiger partial charge is 0.480 e. The van der Waals surface area contributed by atoms with E-state index in [1.807, 2.05) is 0 Å². The Labute approximate surface area is 91.1 Å². The molecule has 0 rings (SSSR count). The Balaban J connectivity index is 3.67. The number of carbonyl (C=O) groups is 2. The maximum atomic E-state index is 10.7. The number of aliphatic carboxylic acids is 1. The third kappa shape index (κ3) is 7.97. The molecule has 0 aromatic carbocycles. The summed E-state index contributed by atoms with van der Waals surface area (Å²) in [5.74, 6) is -1.23. The van der Waals surface area contributed by atoms with Gasteiger partial charge in [-0.2, -0.15) is 0 Å². The van der Waals surface area contributed by atoms with Crippen LogP contribution in [0.1, 0.15) is 52.4 Å². The van der Waals surface area contributed by atoms with E-state index in [0.717, 1.165) is 19.3 Å². The Morgan fingerprint density at radius 3 is 2.27 bits per heavy atom. The molecule has 0 saturated heterocycles. The molecule has 0 bridgehead atoms. The molecule has 1 atom stereocenters. The van der Waals surface area contributed by atoms with E-state index in [0.29, 0.717) is 6.42 Å². The Hall–Kier alpha value is -1.06. The summed E-state index contributed by atoms with van der Waals surface area (Å²) in [6.45, 7) is 3.48. The molecule has 2 N–H and O–H groups in total. The van der Waals surface area contributed by atoms with Crippen molar-refractivity contribution in [3.8, 4) is 0 Å². The van der Waals surface area contributed by atoms with Crippen LogP contribution in [0.2, 0.25) is 0 Å². The van der Waals surface area contributed by atoms with Gasteiger partial charge in [-0.05, 0) is 6.42 Å². The number of amides is 1. The number of rotatable bonds is 8. The van der Waals surface area contributed by atoms with Gasteiger partial charge in [0.1, 0.15) is 6.04 Å². The molecule has 1 amide bonds. The second kappa shape index (κ2) is 8.26. The average molecular weight is 215 g/mol. The van der Waals surface area contributed by atoms with Crippen LogP contribution < -0.4 is 5.32 Å². The fraction of sp³-hybridized carbons (Fsp3) is 0.818. The highest BCUT2D eigenvalue weighted by atomic mass is 16.4. The molecule has 0 spiro atoms. The minimum absolute atomic E-state index is 0.282. The summed E-state index contributed by atoms with van der Waals surface area (Å²) >= 11 is 0. The molecule has 4 heteroatoms. The molecule has 88 valence electrons. The molecule has 0 radical (unpaired) electrons. The van der Waals surface area contributed by atoms with Gasteiger partial charge in [-0.25, -0.2) is 4.79 Å². The molecule has 0 heterocycles. The van der Waals surface area contributed by atoms with Crippen molar-refractivity contribution in [2.24, 2.45) is 0 Å². The van der Waals surface area contributed by atoms with Crippen LogP contribution in [-0.2, 0) is 9.59 Å². The number of hydrogen-bond donors (Lipinski definition) is 2. The standard InChI is InChI=1S/C11H21NO3/c1-3-4-5-6-7-8-10(11(14)15)12-9(2)13/h10H,3-8H2,1-2H3,(H,12,13)(H,14,15)/t10-/m0/s1. The zero-order chi connectivity index (χ0) is 11.7. The molecule has 0 aromatic rings. The van der Waals surface area contributed by atoms with Gasteiger partial charge >= 0.3 is 5.97 Å². The van der Waals surface area contributed by atoms with Gasteiger partial charge in [0.15, 0.2) is 0 Å². The van der Waals surface area contributed by atoms with Crippen molar-refractivity contribution in [3.05, 3.63) is 0 Å². The summed E-state index contributed by atoms with van der Waals surface area (Å²) in [4.78, 5) is 21.5. The number of nitrogens with one attached hydrogen (secondary N) is 1. The van der Waals surface area contributed by atoms with Crippen molar-refractivity contribution in [1.29, 1.82) is 0 Å². The predicted molar refractivity (Wildman–Crippen MR) is 58.6 cm³/mol. The maximum absolute atomic E-state index is 10.7. The molecule has 0 fully saturated rings. The summed E-state index contributed by atoms with van der Waals surface area (Å²) in [5.41, 5.74) is 0. The first-order chi connectivity index (χ1) is 7.07. The summed E-state index contributed by atoms with van der Waals surface area (Å²) in [5, 5.41) is 11.2. The van der Waals surface area contributed by atoms with Gasteiger partial charge in [-0.3, -0.25) is 4.79 Å². The first-order valence-electron chi connectivity index (χ1n) is 5.57. The zero-order valence-corrected chi connectivity index (χ0v) is 9.58. The minimum atomic E-state index is -0.944.